The Balaban J connectivity index is 2.87. The van der Waals surface area contributed by atoms with Gasteiger partial charge >= 0.3 is 0 Å². The van der Waals surface area contributed by atoms with Crippen molar-refractivity contribution >= 4 is 0 Å². The molecule has 0 aromatic rings. The maximum atomic E-state index is 9.57. The quantitative estimate of drug-likeness (QED) is 0.282. The molecule has 0 bridgehead atoms. The largest absolute Gasteiger partial charge is 0.395 e. The van der Waals surface area contributed by atoms with Crippen molar-refractivity contribution < 1.29 is 30.6 Å². The van der Waals surface area contributed by atoms with E-state index in [2.05, 4.69) is 0 Å². The van der Waals surface area contributed by atoms with Crippen molar-refractivity contribution in [3.63, 3.8) is 0 Å². The second-order valence-corrected chi connectivity index (χ2v) is 3.70. The van der Waals surface area contributed by atoms with Crippen LogP contribution in [0.25, 0.3) is 0 Å². The molecule has 0 aromatic heterocycles. The SMILES string of the molecule is OCC1C(O)C(O)C(O)C(O)CN1CO. The van der Waals surface area contributed by atoms with Gasteiger partial charge in [0.05, 0.1) is 25.5 Å². The Morgan fingerprint density at radius 2 is 1.53 bits per heavy atom. The zero-order valence-electron chi connectivity index (χ0n) is 8.14. The van der Waals surface area contributed by atoms with Gasteiger partial charge in [-0.05, 0) is 0 Å². The van der Waals surface area contributed by atoms with Crippen LogP contribution in [0.1, 0.15) is 0 Å². The monoisotopic (exact) mass is 223 g/mol. The lowest BCUT2D eigenvalue weighted by Gasteiger charge is -2.30. The average Bonchev–Trinajstić information content (AvgIpc) is 2.31. The molecule has 6 N–H and O–H groups in total. The number of β-amino-alcohol motifs (C(OH)–C–C–N with tert-alkyl or cyclic N) is 1. The van der Waals surface area contributed by atoms with Crippen molar-refractivity contribution in [3.05, 3.63) is 0 Å². The first-order valence-electron chi connectivity index (χ1n) is 4.71. The fourth-order valence-electron chi connectivity index (χ4n) is 1.74. The van der Waals surface area contributed by atoms with Crippen molar-refractivity contribution in [2.75, 3.05) is 19.9 Å². The molecule has 0 amide bonds. The molecule has 5 atom stereocenters. The number of rotatable bonds is 2. The molecule has 15 heavy (non-hydrogen) atoms. The highest BCUT2D eigenvalue weighted by molar-refractivity contribution is 4.94. The van der Waals surface area contributed by atoms with Gasteiger partial charge in [-0.3, -0.25) is 4.90 Å². The highest BCUT2D eigenvalue weighted by Crippen LogP contribution is 2.18. The summed E-state index contributed by atoms with van der Waals surface area (Å²) in [7, 11) is 0. The standard InChI is InChI=1S/C8H17NO6/c10-2-4-6(13)8(15)7(14)5(12)1-9(4)3-11/h4-8,10-15H,1-3H2. The zero-order valence-corrected chi connectivity index (χ0v) is 8.14. The minimum absolute atomic E-state index is 0.128. The summed E-state index contributed by atoms with van der Waals surface area (Å²) in [4.78, 5) is 1.19. The van der Waals surface area contributed by atoms with Crippen LogP contribution in [0, 0.1) is 0 Å². The first-order valence-corrected chi connectivity index (χ1v) is 4.71. The molecular weight excluding hydrogens is 206 g/mol. The lowest BCUT2D eigenvalue weighted by atomic mass is 10.0. The van der Waals surface area contributed by atoms with Gasteiger partial charge in [-0.15, -0.1) is 0 Å². The van der Waals surface area contributed by atoms with E-state index in [1.165, 1.54) is 4.90 Å². The number of likely N-dealkylation sites (tertiary alicyclic amines) is 1. The van der Waals surface area contributed by atoms with Crippen LogP contribution >= 0.6 is 0 Å². The normalized spacial score (nSPS) is 44.0. The number of aliphatic hydroxyl groups is 6. The third-order valence-electron chi connectivity index (χ3n) is 2.75. The number of hydrogen-bond donors (Lipinski definition) is 6. The van der Waals surface area contributed by atoms with E-state index in [-0.39, 0.29) is 6.54 Å². The third kappa shape index (κ3) is 2.45. The van der Waals surface area contributed by atoms with E-state index >= 15 is 0 Å². The van der Waals surface area contributed by atoms with Crippen LogP contribution in [0.5, 0.6) is 0 Å². The van der Waals surface area contributed by atoms with Crippen LogP contribution in [0.2, 0.25) is 0 Å². The van der Waals surface area contributed by atoms with Gasteiger partial charge in [-0.1, -0.05) is 0 Å². The summed E-state index contributed by atoms with van der Waals surface area (Å²) >= 11 is 0. The van der Waals surface area contributed by atoms with Gasteiger partial charge in [0.25, 0.3) is 0 Å². The Labute approximate surface area is 86.8 Å². The van der Waals surface area contributed by atoms with Crippen LogP contribution in [0.15, 0.2) is 0 Å². The van der Waals surface area contributed by atoms with E-state index in [1.807, 2.05) is 0 Å². The topological polar surface area (TPSA) is 125 Å². The fraction of sp³-hybridized carbons (Fsp3) is 1.00. The molecule has 1 aliphatic rings. The fourth-order valence-corrected chi connectivity index (χ4v) is 1.74. The van der Waals surface area contributed by atoms with Gasteiger partial charge in [0.1, 0.15) is 18.3 Å². The van der Waals surface area contributed by atoms with Gasteiger partial charge in [0.2, 0.25) is 0 Å². The average molecular weight is 223 g/mol. The molecule has 0 radical (unpaired) electrons. The molecule has 90 valence electrons. The molecule has 1 fully saturated rings. The van der Waals surface area contributed by atoms with Crippen LogP contribution < -0.4 is 0 Å². The van der Waals surface area contributed by atoms with E-state index < -0.39 is 43.8 Å². The summed E-state index contributed by atoms with van der Waals surface area (Å²) in [6.07, 6.45) is -5.74. The molecule has 0 aromatic carbocycles. The Morgan fingerprint density at radius 3 is 2.00 bits per heavy atom. The summed E-state index contributed by atoms with van der Waals surface area (Å²) in [5.74, 6) is 0. The van der Waals surface area contributed by atoms with Crippen molar-refractivity contribution in [1.29, 1.82) is 0 Å². The van der Waals surface area contributed by atoms with Gasteiger partial charge in [0, 0.05) is 6.54 Å². The Hall–Kier alpha value is -0.280. The first-order chi connectivity index (χ1) is 7.02. The Kier molecular flexibility index (Phi) is 4.41. The van der Waals surface area contributed by atoms with Gasteiger partial charge in [0.15, 0.2) is 0 Å². The summed E-state index contributed by atoms with van der Waals surface area (Å²) in [5.41, 5.74) is 0. The van der Waals surface area contributed by atoms with Gasteiger partial charge in [-0.25, -0.2) is 0 Å². The molecule has 0 saturated carbocycles. The van der Waals surface area contributed by atoms with Gasteiger partial charge in [-0.2, -0.15) is 0 Å². The Morgan fingerprint density at radius 1 is 0.933 bits per heavy atom. The van der Waals surface area contributed by atoms with E-state index in [4.69, 9.17) is 10.2 Å². The maximum Gasteiger partial charge on any atom is 0.110 e. The lowest BCUT2D eigenvalue weighted by Crippen LogP contribution is -2.50. The van der Waals surface area contributed by atoms with Crippen LogP contribution in [-0.4, -0.2) is 85.9 Å². The number of hydrogen-bond acceptors (Lipinski definition) is 7. The highest BCUT2D eigenvalue weighted by Gasteiger charge is 2.41. The molecule has 0 spiro atoms. The predicted octanol–water partition coefficient (Wildman–Crippen LogP) is -3.94. The molecule has 1 heterocycles. The summed E-state index contributed by atoms with van der Waals surface area (Å²) < 4.78 is 0. The lowest BCUT2D eigenvalue weighted by molar-refractivity contribution is -0.101. The van der Waals surface area contributed by atoms with E-state index in [9.17, 15) is 20.4 Å². The molecule has 7 nitrogen and oxygen atoms in total. The molecular formula is C8H17NO6. The first kappa shape index (κ1) is 12.8. The van der Waals surface area contributed by atoms with Gasteiger partial charge < -0.3 is 30.6 Å². The second kappa shape index (κ2) is 5.17. The molecule has 7 heteroatoms. The van der Waals surface area contributed by atoms with E-state index in [0.29, 0.717) is 0 Å². The van der Waals surface area contributed by atoms with Crippen molar-refractivity contribution in [3.8, 4) is 0 Å². The molecule has 1 rings (SSSR count). The second-order valence-electron chi connectivity index (χ2n) is 3.70. The molecule has 1 saturated heterocycles. The van der Waals surface area contributed by atoms with Crippen LogP contribution in [-0.2, 0) is 0 Å². The van der Waals surface area contributed by atoms with E-state index in [0.717, 1.165) is 0 Å². The predicted molar refractivity (Wildman–Crippen MR) is 48.7 cm³/mol. The van der Waals surface area contributed by atoms with Crippen molar-refractivity contribution in [2.24, 2.45) is 0 Å². The van der Waals surface area contributed by atoms with Crippen LogP contribution in [0.4, 0.5) is 0 Å². The number of nitrogens with zero attached hydrogens (tertiary/aromatic N) is 1. The van der Waals surface area contributed by atoms with Crippen molar-refractivity contribution in [1.82, 2.24) is 4.90 Å². The minimum Gasteiger partial charge on any atom is -0.395 e. The summed E-state index contributed by atoms with van der Waals surface area (Å²) in [5, 5.41) is 55.7. The Bertz CT molecular complexity index is 202. The molecule has 5 unspecified atom stereocenters. The molecule has 1 aliphatic heterocycles. The van der Waals surface area contributed by atoms with Crippen LogP contribution in [0.3, 0.4) is 0 Å². The zero-order chi connectivity index (χ0) is 11.6. The maximum absolute atomic E-state index is 9.57. The summed E-state index contributed by atoms with van der Waals surface area (Å²) in [6, 6.07) is -0.906. The smallest absolute Gasteiger partial charge is 0.110 e. The number of aliphatic hydroxyl groups excluding tert-OH is 6. The summed E-state index contributed by atoms with van der Waals surface area (Å²) in [6.45, 7) is -1.10. The van der Waals surface area contributed by atoms with E-state index in [1.54, 1.807) is 0 Å². The van der Waals surface area contributed by atoms with Crippen molar-refractivity contribution in [2.45, 2.75) is 30.5 Å². The molecule has 0 aliphatic carbocycles. The highest BCUT2D eigenvalue weighted by atomic mass is 16.4. The minimum atomic E-state index is -1.55. The third-order valence-corrected chi connectivity index (χ3v) is 2.75.